The van der Waals surface area contributed by atoms with Crippen LogP contribution in [0.5, 0.6) is 0 Å². The molecule has 0 unspecified atom stereocenters. The van der Waals surface area contributed by atoms with Crippen molar-refractivity contribution in [2.24, 2.45) is 0 Å². The number of carbonyl (C=O) groups is 3. The Labute approximate surface area is 236 Å². The van der Waals surface area contributed by atoms with Crippen LogP contribution in [-0.4, -0.2) is 17.7 Å². The van der Waals surface area contributed by atoms with Gasteiger partial charge < -0.3 is 16.0 Å². The summed E-state index contributed by atoms with van der Waals surface area (Å²) in [6, 6.07) is 34.6. The van der Waals surface area contributed by atoms with Crippen LogP contribution in [0.15, 0.2) is 120 Å². The van der Waals surface area contributed by atoms with Gasteiger partial charge in [0.2, 0.25) is 0 Å². The maximum Gasteiger partial charge on any atom is 0.266 e. The van der Waals surface area contributed by atoms with E-state index in [4.69, 9.17) is 0 Å². The molecule has 4 aromatic carbocycles. The highest BCUT2D eigenvalue weighted by Crippen LogP contribution is 2.18. The summed E-state index contributed by atoms with van der Waals surface area (Å²) in [6.07, 6.45) is 3.00. The largest absolute Gasteiger partial charge is 0.322 e. The molecular formula is C33H23N5O3. The molecule has 8 heteroatoms. The zero-order chi connectivity index (χ0) is 29.0. The van der Waals surface area contributed by atoms with Crippen molar-refractivity contribution in [3.63, 3.8) is 0 Å². The molecule has 198 valence electrons. The summed E-state index contributed by atoms with van der Waals surface area (Å²) in [6.45, 7) is 0. The molecule has 0 aromatic heterocycles. The Hall–Kier alpha value is -6.25. The number of hydrogen-bond acceptors (Lipinski definition) is 5. The topological polar surface area (TPSA) is 135 Å². The molecule has 3 amide bonds. The molecule has 0 bridgehead atoms. The summed E-state index contributed by atoms with van der Waals surface area (Å²) in [5.74, 6) is -1.48. The number of nitriles is 2. The molecule has 0 aliphatic rings. The van der Waals surface area contributed by atoms with Gasteiger partial charge in [0.1, 0.15) is 23.3 Å². The first kappa shape index (κ1) is 27.8. The van der Waals surface area contributed by atoms with E-state index >= 15 is 0 Å². The van der Waals surface area contributed by atoms with E-state index in [0.717, 1.165) is 11.1 Å². The Kier molecular flexibility index (Phi) is 9.16. The van der Waals surface area contributed by atoms with Crippen LogP contribution in [0, 0.1) is 22.7 Å². The SMILES string of the molecule is N#CC(=Cc1ccccc1)C(=O)Nc1ccc(NC(=O)c2ccc(NC(=O)C(C#N)=Cc3ccccc3)cc2)cc1. The first-order valence-corrected chi connectivity index (χ1v) is 12.4. The lowest BCUT2D eigenvalue weighted by molar-refractivity contribution is -0.113. The third kappa shape index (κ3) is 7.87. The van der Waals surface area contributed by atoms with Crippen LogP contribution >= 0.6 is 0 Å². The van der Waals surface area contributed by atoms with E-state index in [1.165, 1.54) is 12.2 Å². The first-order valence-electron chi connectivity index (χ1n) is 12.4. The second-order valence-corrected chi connectivity index (χ2v) is 8.68. The molecule has 0 aliphatic carbocycles. The van der Waals surface area contributed by atoms with Gasteiger partial charge in [-0.05, 0) is 71.8 Å². The number of benzene rings is 4. The second-order valence-electron chi connectivity index (χ2n) is 8.68. The van der Waals surface area contributed by atoms with Gasteiger partial charge in [-0.3, -0.25) is 14.4 Å². The van der Waals surface area contributed by atoms with Gasteiger partial charge in [0, 0.05) is 22.6 Å². The number of nitrogens with one attached hydrogen (secondary N) is 3. The number of rotatable bonds is 8. The van der Waals surface area contributed by atoms with Gasteiger partial charge in [-0.15, -0.1) is 0 Å². The molecule has 0 heterocycles. The van der Waals surface area contributed by atoms with E-state index in [-0.39, 0.29) is 17.1 Å². The highest BCUT2D eigenvalue weighted by molar-refractivity contribution is 6.11. The van der Waals surface area contributed by atoms with Crippen molar-refractivity contribution in [2.75, 3.05) is 16.0 Å². The fourth-order valence-corrected chi connectivity index (χ4v) is 3.67. The maximum atomic E-state index is 12.7. The summed E-state index contributed by atoms with van der Waals surface area (Å²) < 4.78 is 0. The molecular weight excluding hydrogens is 514 g/mol. The predicted octanol–water partition coefficient (Wildman–Crippen LogP) is 6.03. The predicted molar refractivity (Wildman–Crippen MR) is 158 cm³/mol. The Balaban J connectivity index is 1.33. The molecule has 4 rings (SSSR count). The molecule has 3 N–H and O–H groups in total. The molecule has 0 aliphatic heterocycles. The van der Waals surface area contributed by atoms with Crippen molar-refractivity contribution in [2.45, 2.75) is 0 Å². The van der Waals surface area contributed by atoms with Crippen LogP contribution in [0.1, 0.15) is 21.5 Å². The summed E-state index contributed by atoms with van der Waals surface area (Å²) in [4.78, 5) is 37.7. The lowest BCUT2D eigenvalue weighted by Crippen LogP contribution is -2.15. The monoisotopic (exact) mass is 537 g/mol. The summed E-state index contributed by atoms with van der Waals surface area (Å²) in [5, 5.41) is 26.8. The van der Waals surface area contributed by atoms with Crippen LogP contribution < -0.4 is 16.0 Å². The van der Waals surface area contributed by atoms with Crippen LogP contribution in [-0.2, 0) is 9.59 Å². The average Bonchev–Trinajstić information content (AvgIpc) is 3.00. The molecule has 41 heavy (non-hydrogen) atoms. The Morgan fingerprint density at radius 2 is 0.878 bits per heavy atom. The van der Waals surface area contributed by atoms with Crippen LogP contribution in [0.25, 0.3) is 12.2 Å². The van der Waals surface area contributed by atoms with Crippen LogP contribution in [0.4, 0.5) is 17.1 Å². The van der Waals surface area contributed by atoms with E-state index in [0.29, 0.717) is 22.6 Å². The molecule has 8 nitrogen and oxygen atoms in total. The fraction of sp³-hybridized carbons (Fsp3) is 0. The molecule has 0 saturated heterocycles. The smallest absolute Gasteiger partial charge is 0.266 e. The molecule has 0 atom stereocenters. The maximum absolute atomic E-state index is 12.7. The molecule has 0 fully saturated rings. The van der Waals surface area contributed by atoms with Gasteiger partial charge in [-0.2, -0.15) is 10.5 Å². The van der Waals surface area contributed by atoms with Gasteiger partial charge >= 0.3 is 0 Å². The summed E-state index contributed by atoms with van der Waals surface area (Å²) in [7, 11) is 0. The second kappa shape index (κ2) is 13.5. The Morgan fingerprint density at radius 3 is 1.27 bits per heavy atom. The Morgan fingerprint density at radius 1 is 0.512 bits per heavy atom. The van der Waals surface area contributed by atoms with Crippen molar-refractivity contribution in [3.05, 3.63) is 137 Å². The third-order valence-electron chi connectivity index (χ3n) is 5.76. The number of hydrogen-bond donors (Lipinski definition) is 3. The highest BCUT2D eigenvalue weighted by Gasteiger charge is 2.12. The van der Waals surface area contributed by atoms with E-state index in [1.807, 2.05) is 48.5 Å². The summed E-state index contributed by atoms with van der Waals surface area (Å²) in [5.41, 5.74) is 3.12. The lowest BCUT2D eigenvalue weighted by atomic mass is 10.1. The average molecular weight is 538 g/mol. The van der Waals surface area contributed by atoms with Gasteiger partial charge in [-0.1, -0.05) is 60.7 Å². The van der Waals surface area contributed by atoms with E-state index in [9.17, 15) is 24.9 Å². The standard InChI is InChI=1S/C33H23N5O3/c34-21-26(19-23-7-3-1-4-8-23)32(40)37-28-13-11-25(12-14-28)31(39)36-29-15-17-30(18-16-29)38-33(41)27(22-35)20-24-9-5-2-6-10-24/h1-20H,(H,36,39)(H,37,40)(H,38,41). The zero-order valence-electron chi connectivity index (χ0n) is 21.7. The van der Waals surface area contributed by atoms with E-state index in [1.54, 1.807) is 72.8 Å². The van der Waals surface area contributed by atoms with Crippen molar-refractivity contribution >= 4 is 46.9 Å². The van der Waals surface area contributed by atoms with Crippen molar-refractivity contribution in [3.8, 4) is 12.1 Å². The lowest BCUT2D eigenvalue weighted by Gasteiger charge is -2.09. The van der Waals surface area contributed by atoms with Gasteiger partial charge in [0.15, 0.2) is 0 Å². The first-order chi connectivity index (χ1) is 19.9. The normalized spacial score (nSPS) is 11.0. The van der Waals surface area contributed by atoms with E-state index < -0.39 is 11.8 Å². The zero-order valence-corrected chi connectivity index (χ0v) is 21.7. The number of anilines is 3. The van der Waals surface area contributed by atoms with Gasteiger partial charge in [0.05, 0.1) is 0 Å². The van der Waals surface area contributed by atoms with Gasteiger partial charge in [-0.25, -0.2) is 0 Å². The minimum absolute atomic E-state index is 0.0377. The third-order valence-corrected chi connectivity index (χ3v) is 5.76. The van der Waals surface area contributed by atoms with Crippen molar-refractivity contribution < 1.29 is 14.4 Å². The molecule has 0 spiro atoms. The van der Waals surface area contributed by atoms with E-state index in [2.05, 4.69) is 16.0 Å². The highest BCUT2D eigenvalue weighted by atomic mass is 16.2. The number of carbonyl (C=O) groups excluding carboxylic acids is 3. The Bertz CT molecular complexity index is 1700. The minimum atomic E-state index is -0.557. The van der Waals surface area contributed by atoms with Crippen molar-refractivity contribution in [1.82, 2.24) is 0 Å². The number of nitrogens with zero attached hydrogens (tertiary/aromatic N) is 2. The molecule has 4 aromatic rings. The van der Waals surface area contributed by atoms with Crippen LogP contribution in [0.3, 0.4) is 0 Å². The van der Waals surface area contributed by atoms with Crippen molar-refractivity contribution in [1.29, 1.82) is 10.5 Å². The number of amides is 3. The van der Waals surface area contributed by atoms with Crippen LogP contribution in [0.2, 0.25) is 0 Å². The molecule has 0 saturated carbocycles. The quantitative estimate of drug-likeness (QED) is 0.186. The molecule has 0 radical (unpaired) electrons. The minimum Gasteiger partial charge on any atom is -0.322 e. The summed E-state index contributed by atoms with van der Waals surface area (Å²) >= 11 is 0. The van der Waals surface area contributed by atoms with Gasteiger partial charge in [0.25, 0.3) is 17.7 Å². The fourth-order valence-electron chi connectivity index (χ4n) is 3.67.